The predicted molar refractivity (Wildman–Crippen MR) is 85.0 cm³/mol. The minimum atomic E-state index is -0.424. The lowest BCUT2D eigenvalue weighted by Gasteiger charge is -2.33. The molecule has 1 fully saturated rings. The normalized spacial score (nSPS) is 18.1. The van der Waals surface area contributed by atoms with E-state index in [1.165, 1.54) is 12.0 Å². The van der Waals surface area contributed by atoms with Crippen LogP contribution in [-0.4, -0.2) is 48.1 Å². The summed E-state index contributed by atoms with van der Waals surface area (Å²) in [6.45, 7) is 3.20. The Hall–Kier alpha value is -1.63. The van der Waals surface area contributed by atoms with E-state index in [1.54, 1.807) is 11.3 Å². The van der Waals surface area contributed by atoms with Crippen LogP contribution in [0.2, 0.25) is 0 Å². The lowest BCUT2D eigenvalue weighted by Crippen LogP contribution is -2.52. The number of carbonyl (C=O) groups excluding carboxylic acids is 2. The van der Waals surface area contributed by atoms with Gasteiger partial charge in [-0.25, -0.2) is 9.78 Å². The van der Waals surface area contributed by atoms with E-state index in [9.17, 15) is 9.59 Å². The second kappa shape index (κ2) is 8.12. The summed E-state index contributed by atoms with van der Waals surface area (Å²) >= 11 is 1.62. The van der Waals surface area contributed by atoms with Crippen molar-refractivity contribution in [1.29, 1.82) is 0 Å². The molecule has 122 valence electrons. The van der Waals surface area contributed by atoms with Crippen LogP contribution in [-0.2, 0) is 22.4 Å². The molecule has 6 nitrogen and oxygen atoms in total. The maximum Gasteiger partial charge on any atom is 0.410 e. The molecule has 7 heteroatoms. The Morgan fingerprint density at radius 2 is 2.32 bits per heavy atom. The number of nitrogens with zero attached hydrogens (tertiary/aromatic N) is 2. The van der Waals surface area contributed by atoms with Crippen molar-refractivity contribution in [2.24, 2.45) is 0 Å². The highest BCUT2D eigenvalue weighted by atomic mass is 32.1. The van der Waals surface area contributed by atoms with E-state index in [4.69, 9.17) is 4.74 Å². The van der Waals surface area contributed by atoms with Crippen LogP contribution in [0.5, 0.6) is 0 Å². The quantitative estimate of drug-likeness (QED) is 0.898. The largest absolute Gasteiger partial charge is 0.453 e. The zero-order chi connectivity index (χ0) is 15.9. The molecule has 1 atom stereocenters. The van der Waals surface area contributed by atoms with Crippen LogP contribution in [0.3, 0.4) is 0 Å². The van der Waals surface area contributed by atoms with Crippen molar-refractivity contribution < 1.29 is 14.3 Å². The van der Waals surface area contributed by atoms with Crippen LogP contribution in [0.4, 0.5) is 4.79 Å². The number of methoxy groups -OCH3 is 1. The van der Waals surface area contributed by atoms with Gasteiger partial charge in [0.05, 0.1) is 17.8 Å². The molecule has 2 heterocycles. The Morgan fingerprint density at radius 3 is 3.00 bits per heavy atom. The fourth-order valence-electron chi connectivity index (χ4n) is 2.58. The molecule has 2 rings (SSSR count). The number of thiazole rings is 1. The molecule has 0 bridgehead atoms. The number of aryl methyl sites for hydroxylation is 1. The van der Waals surface area contributed by atoms with Crippen LogP contribution >= 0.6 is 11.3 Å². The van der Waals surface area contributed by atoms with Gasteiger partial charge in [0.2, 0.25) is 5.91 Å². The Balaban J connectivity index is 1.83. The molecule has 0 spiro atoms. The first-order valence-corrected chi connectivity index (χ1v) is 8.59. The zero-order valence-corrected chi connectivity index (χ0v) is 13.9. The first-order chi connectivity index (χ1) is 10.7. The second-order valence-electron chi connectivity index (χ2n) is 5.30. The standard InChI is InChI=1S/C15H23N3O3S/c1-3-11-10-22-13(17-11)7-8-16-14(19)12-6-4-5-9-18(12)15(20)21-2/h10,12H,3-9H2,1-2H3,(H,16,19). The summed E-state index contributed by atoms with van der Waals surface area (Å²) in [6, 6.07) is -0.413. The molecular formula is C15H23N3O3S. The summed E-state index contributed by atoms with van der Waals surface area (Å²) in [5, 5.41) is 6.00. The number of carbonyl (C=O) groups is 2. The highest BCUT2D eigenvalue weighted by Crippen LogP contribution is 2.18. The Morgan fingerprint density at radius 1 is 1.50 bits per heavy atom. The minimum Gasteiger partial charge on any atom is -0.453 e. The van der Waals surface area contributed by atoms with Gasteiger partial charge in [0.25, 0.3) is 0 Å². The van der Waals surface area contributed by atoms with Gasteiger partial charge in [0, 0.05) is 24.9 Å². The van der Waals surface area contributed by atoms with E-state index in [-0.39, 0.29) is 5.91 Å². The SMILES string of the molecule is CCc1csc(CCNC(=O)C2CCCCN2C(=O)OC)n1. The van der Waals surface area contributed by atoms with E-state index < -0.39 is 12.1 Å². The summed E-state index contributed by atoms with van der Waals surface area (Å²) in [5.74, 6) is -0.0997. The van der Waals surface area contributed by atoms with Crippen molar-refractivity contribution in [2.45, 2.75) is 45.1 Å². The fraction of sp³-hybridized carbons (Fsp3) is 0.667. The molecule has 1 aromatic rings. The Kier molecular flexibility index (Phi) is 6.18. The zero-order valence-electron chi connectivity index (χ0n) is 13.1. The molecular weight excluding hydrogens is 302 g/mol. The Labute approximate surface area is 134 Å². The van der Waals surface area contributed by atoms with Gasteiger partial charge in [0.15, 0.2) is 0 Å². The highest BCUT2D eigenvalue weighted by molar-refractivity contribution is 7.09. The number of ether oxygens (including phenoxy) is 1. The number of amides is 2. The van der Waals surface area contributed by atoms with E-state index in [0.717, 1.165) is 36.4 Å². The van der Waals surface area contributed by atoms with Crippen LogP contribution in [0.25, 0.3) is 0 Å². The Bertz CT molecular complexity index is 518. The third-order valence-corrected chi connectivity index (χ3v) is 4.77. The minimum absolute atomic E-state index is 0.0997. The summed E-state index contributed by atoms with van der Waals surface area (Å²) in [6.07, 6.45) is 3.79. The number of piperidine rings is 1. The first kappa shape index (κ1) is 16.7. The second-order valence-corrected chi connectivity index (χ2v) is 6.24. The van der Waals surface area contributed by atoms with Crippen molar-refractivity contribution >= 4 is 23.3 Å². The van der Waals surface area contributed by atoms with E-state index in [1.807, 2.05) is 0 Å². The van der Waals surface area contributed by atoms with E-state index in [2.05, 4.69) is 22.6 Å². The first-order valence-electron chi connectivity index (χ1n) is 7.71. The van der Waals surface area contributed by atoms with Gasteiger partial charge in [-0.3, -0.25) is 9.69 Å². The van der Waals surface area contributed by atoms with E-state index in [0.29, 0.717) is 19.5 Å². The number of hydrogen-bond acceptors (Lipinski definition) is 5. The van der Waals surface area contributed by atoms with Crippen molar-refractivity contribution in [2.75, 3.05) is 20.2 Å². The van der Waals surface area contributed by atoms with Gasteiger partial charge < -0.3 is 10.1 Å². The maximum atomic E-state index is 12.3. The highest BCUT2D eigenvalue weighted by Gasteiger charge is 2.32. The average molecular weight is 325 g/mol. The average Bonchev–Trinajstić information content (AvgIpc) is 3.02. The van der Waals surface area contributed by atoms with Gasteiger partial charge in [0.1, 0.15) is 6.04 Å². The van der Waals surface area contributed by atoms with Crippen LogP contribution in [0.15, 0.2) is 5.38 Å². The number of likely N-dealkylation sites (tertiary alicyclic amines) is 1. The van der Waals surface area contributed by atoms with E-state index >= 15 is 0 Å². The lowest BCUT2D eigenvalue weighted by molar-refractivity contribution is -0.126. The third kappa shape index (κ3) is 4.19. The smallest absolute Gasteiger partial charge is 0.410 e. The molecule has 1 aliphatic heterocycles. The van der Waals surface area contributed by atoms with Gasteiger partial charge in [-0.15, -0.1) is 11.3 Å². The number of hydrogen-bond donors (Lipinski definition) is 1. The molecule has 1 N–H and O–H groups in total. The van der Waals surface area contributed by atoms with Gasteiger partial charge in [-0.05, 0) is 25.7 Å². The summed E-state index contributed by atoms with van der Waals surface area (Å²) < 4.78 is 4.76. The van der Waals surface area contributed by atoms with Gasteiger partial charge in [-0.1, -0.05) is 6.92 Å². The molecule has 0 aliphatic carbocycles. The third-order valence-electron chi connectivity index (χ3n) is 3.81. The lowest BCUT2D eigenvalue weighted by atomic mass is 10.0. The molecule has 2 amide bonds. The topological polar surface area (TPSA) is 71.5 Å². The van der Waals surface area contributed by atoms with Crippen LogP contribution in [0.1, 0.15) is 36.9 Å². The van der Waals surface area contributed by atoms with Crippen molar-refractivity contribution in [3.8, 4) is 0 Å². The maximum absolute atomic E-state index is 12.3. The van der Waals surface area contributed by atoms with Crippen molar-refractivity contribution in [3.63, 3.8) is 0 Å². The molecule has 0 aromatic carbocycles. The molecule has 1 unspecified atom stereocenters. The van der Waals surface area contributed by atoms with Crippen LogP contribution < -0.4 is 5.32 Å². The molecule has 1 saturated heterocycles. The predicted octanol–water partition coefficient (Wildman–Crippen LogP) is 1.99. The molecule has 22 heavy (non-hydrogen) atoms. The summed E-state index contributed by atoms with van der Waals surface area (Å²) in [5.41, 5.74) is 1.09. The molecule has 0 radical (unpaired) electrons. The van der Waals surface area contributed by atoms with Crippen LogP contribution in [0, 0.1) is 0 Å². The number of rotatable bonds is 5. The fourth-order valence-corrected chi connectivity index (χ4v) is 3.46. The van der Waals surface area contributed by atoms with Crippen molar-refractivity contribution in [1.82, 2.24) is 15.2 Å². The molecule has 0 saturated carbocycles. The van der Waals surface area contributed by atoms with Crippen molar-refractivity contribution in [3.05, 3.63) is 16.1 Å². The molecule has 1 aromatic heterocycles. The summed E-state index contributed by atoms with van der Waals surface area (Å²) in [4.78, 5) is 30.0. The van der Waals surface area contributed by atoms with Gasteiger partial charge in [-0.2, -0.15) is 0 Å². The monoisotopic (exact) mass is 325 g/mol. The molecule has 1 aliphatic rings. The summed E-state index contributed by atoms with van der Waals surface area (Å²) in [7, 11) is 1.35. The number of aromatic nitrogens is 1. The van der Waals surface area contributed by atoms with Gasteiger partial charge >= 0.3 is 6.09 Å². The number of nitrogens with one attached hydrogen (secondary N) is 1.